The molecule has 44 heavy (non-hydrogen) atoms. The number of nitrogens with zero attached hydrogens (tertiary/aromatic N) is 3. The molecule has 10 nitrogen and oxygen atoms in total. The Morgan fingerprint density at radius 3 is 1.66 bits per heavy atom. The summed E-state index contributed by atoms with van der Waals surface area (Å²) >= 11 is 0. The second kappa shape index (κ2) is 21.7. The molecule has 0 saturated carbocycles. The zero-order chi connectivity index (χ0) is 32.0. The van der Waals surface area contributed by atoms with Crippen LogP contribution >= 0.6 is 0 Å². The maximum Gasteiger partial charge on any atom is 0.343 e. The highest BCUT2D eigenvalue weighted by Crippen LogP contribution is 2.20. The summed E-state index contributed by atoms with van der Waals surface area (Å²) in [5, 5.41) is 19.8. The molecule has 0 amide bonds. The molecule has 3 aromatic rings. The van der Waals surface area contributed by atoms with Crippen LogP contribution in [0, 0.1) is 17.5 Å². The monoisotopic (exact) mass is 610 g/mol. The number of allylic oxidation sites excluding steroid dienone is 3. The average molecular weight is 611 g/mol. The molecule has 0 heterocycles. The molecular formula is C31H33F3N6O4. The fraction of sp³-hybridized carbons (Fsp3) is 0.0645. The number of halogens is 3. The molecule has 0 bridgehead atoms. The maximum absolute atomic E-state index is 13.4. The van der Waals surface area contributed by atoms with Gasteiger partial charge >= 0.3 is 11.9 Å². The zero-order valence-corrected chi connectivity index (χ0v) is 23.0. The van der Waals surface area contributed by atoms with Crippen molar-refractivity contribution in [2.45, 2.75) is 7.43 Å². The smallest absolute Gasteiger partial charge is 0.343 e. The van der Waals surface area contributed by atoms with E-state index >= 15 is 0 Å². The van der Waals surface area contributed by atoms with Gasteiger partial charge in [-0.15, -0.1) is 0 Å². The summed E-state index contributed by atoms with van der Waals surface area (Å²) in [6.45, 7) is 10.3. The zero-order valence-electron chi connectivity index (χ0n) is 23.0. The van der Waals surface area contributed by atoms with Gasteiger partial charge in [-0.3, -0.25) is 16.3 Å². The number of esters is 1. The van der Waals surface area contributed by atoms with E-state index in [-0.39, 0.29) is 30.2 Å². The number of methoxy groups -OCH3 is 1. The predicted molar refractivity (Wildman–Crippen MR) is 171 cm³/mol. The van der Waals surface area contributed by atoms with Crippen molar-refractivity contribution in [1.29, 1.82) is 0 Å². The van der Waals surface area contributed by atoms with Crippen LogP contribution in [0.2, 0.25) is 0 Å². The van der Waals surface area contributed by atoms with Crippen LogP contribution in [-0.2, 0) is 4.74 Å². The molecule has 3 aromatic carbocycles. The van der Waals surface area contributed by atoms with E-state index in [9.17, 15) is 22.8 Å². The summed E-state index contributed by atoms with van der Waals surface area (Å²) in [5.74, 6) is -3.85. The number of aromatic carboxylic acids is 1. The van der Waals surface area contributed by atoms with Gasteiger partial charge in [0.05, 0.1) is 24.2 Å². The van der Waals surface area contributed by atoms with E-state index in [1.165, 1.54) is 86.4 Å². The Hall–Kier alpha value is -5.98. The third kappa shape index (κ3) is 13.6. The van der Waals surface area contributed by atoms with Gasteiger partial charge in [-0.25, -0.2) is 22.8 Å². The first-order chi connectivity index (χ1) is 20.7. The lowest BCUT2D eigenvalue weighted by Crippen LogP contribution is -2.08. The fourth-order valence-corrected chi connectivity index (χ4v) is 2.80. The third-order valence-corrected chi connectivity index (χ3v) is 4.56. The summed E-state index contributed by atoms with van der Waals surface area (Å²) in [6.07, 6.45) is 8.59. The Kier molecular flexibility index (Phi) is 18.8. The summed E-state index contributed by atoms with van der Waals surface area (Å²) in [4.78, 5) is 22.0. The van der Waals surface area contributed by atoms with E-state index in [0.29, 0.717) is 5.69 Å². The van der Waals surface area contributed by atoms with Crippen LogP contribution in [0.25, 0.3) is 0 Å². The van der Waals surface area contributed by atoms with Crippen LogP contribution < -0.4 is 16.3 Å². The summed E-state index contributed by atoms with van der Waals surface area (Å²) in [6, 6.07) is 14.1. The molecule has 0 saturated heterocycles. The first-order valence-electron chi connectivity index (χ1n) is 12.0. The number of anilines is 3. The normalized spacial score (nSPS) is 9.91. The van der Waals surface area contributed by atoms with E-state index in [1.807, 2.05) is 0 Å². The largest absolute Gasteiger partial charge is 0.478 e. The predicted octanol–water partition coefficient (Wildman–Crippen LogP) is 7.35. The molecule has 0 atom stereocenters. The van der Waals surface area contributed by atoms with Gasteiger partial charge in [0.2, 0.25) is 0 Å². The highest BCUT2D eigenvalue weighted by atomic mass is 19.1. The van der Waals surface area contributed by atoms with Crippen LogP contribution in [0.5, 0.6) is 0 Å². The Bertz CT molecular complexity index is 1490. The van der Waals surface area contributed by atoms with Gasteiger partial charge in [-0.1, -0.05) is 45.4 Å². The second-order valence-corrected chi connectivity index (χ2v) is 7.51. The van der Waals surface area contributed by atoms with Crippen molar-refractivity contribution in [2.75, 3.05) is 23.4 Å². The van der Waals surface area contributed by atoms with E-state index in [2.05, 4.69) is 56.1 Å². The molecule has 3 rings (SSSR count). The molecule has 0 unspecified atom stereocenters. The third-order valence-electron chi connectivity index (χ3n) is 4.56. The van der Waals surface area contributed by atoms with E-state index in [0.717, 1.165) is 6.07 Å². The Labute approximate surface area is 253 Å². The van der Waals surface area contributed by atoms with Gasteiger partial charge in [0.25, 0.3) is 0 Å². The number of rotatable bonds is 11. The number of carboxylic acid groups (broad SMARTS) is 1. The number of ether oxygens (including phenoxy) is 1. The Morgan fingerprint density at radius 1 is 0.750 bits per heavy atom. The summed E-state index contributed by atoms with van der Waals surface area (Å²) < 4.78 is 43.5. The number of hydrogen-bond donors (Lipinski definition) is 4. The van der Waals surface area contributed by atoms with Crippen molar-refractivity contribution < 1.29 is 32.6 Å². The number of benzene rings is 3. The summed E-state index contributed by atoms with van der Waals surface area (Å²) in [7, 11) is 1.19. The van der Waals surface area contributed by atoms with Gasteiger partial charge in [0.1, 0.15) is 28.6 Å². The molecule has 0 aromatic heterocycles. The fourth-order valence-electron chi connectivity index (χ4n) is 2.80. The van der Waals surface area contributed by atoms with Gasteiger partial charge < -0.3 is 9.84 Å². The minimum Gasteiger partial charge on any atom is -0.478 e. The number of hydrazone groups is 3. The van der Waals surface area contributed by atoms with E-state index in [4.69, 9.17) is 5.11 Å². The van der Waals surface area contributed by atoms with Crippen LogP contribution in [0.15, 0.2) is 114 Å². The van der Waals surface area contributed by atoms with Crippen molar-refractivity contribution in [3.63, 3.8) is 0 Å². The molecule has 0 fully saturated rings. The molecule has 0 spiro atoms. The lowest BCUT2D eigenvalue weighted by Gasteiger charge is -2.07. The van der Waals surface area contributed by atoms with Crippen LogP contribution in [-0.4, -0.2) is 42.8 Å². The quantitative estimate of drug-likeness (QED) is 0.101. The second-order valence-electron chi connectivity index (χ2n) is 7.51. The molecule has 0 radical (unpaired) electrons. The topological polar surface area (TPSA) is 137 Å². The highest BCUT2D eigenvalue weighted by molar-refractivity contribution is 5.96. The average Bonchev–Trinajstić information content (AvgIpc) is 2.98. The minimum absolute atomic E-state index is 0. The van der Waals surface area contributed by atoms with Crippen molar-refractivity contribution in [3.05, 3.63) is 127 Å². The minimum atomic E-state index is -1.34. The Balaban J connectivity index is 0.000000629. The van der Waals surface area contributed by atoms with Crippen molar-refractivity contribution in [2.24, 2.45) is 15.3 Å². The molecule has 0 aliphatic rings. The molecular weight excluding hydrogens is 577 g/mol. The number of carboxylic acids is 1. The summed E-state index contributed by atoms with van der Waals surface area (Å²) in [5.41, 5.74) is 7.94. The number of carbonyl (C=O) groups excluding carboxylic acids is 1. The first kappa shape index (κ1) is 38.0. The van der Waals surface area contributed by atoms with E-state index < -0.39 is 29.1 Å². The standard InChI is InChI=1S/C11H11FN2O2.C10H9FN2O2.C9H9FN2.CH4/c1-3-7-13-14-9-6-4-5-8(12)10(9)11(15)16-2;1-2-6-12-13-8-5-3-4-7(11)9(8)10(14)15;1-2-6-11-12-9-5-3-4-8(10)7-9;/h3-7,14H,1H2,2H3;2-6,13H,1H2,(H,14,15);2-7,12H,1H2;1H4/b13-7+;12-6+;11-6+;. The van der Waals surface area contributed by atoms with Crippen LogP contribution in [0.4, 0.5) is 30.2 Å². The van der Waals surface area contributed by atoms with Crippen molar-refractivity contribution in [1.82, 2.24) is 0 Å². The van der Waals surface area contributed by atoms with Crippen LogP contribution in [0.1, 0.15) is 28.1 Å². The van der Waals surface area contributed by atoms with Crippen molar-refractivity contribution in [3.8, 4) is 0 Å². The Morgan fingerprint density at radius 2 is 1.20 bits per heavy atom. The first-order valence-corrected chi connectivity index (χ1v) is 12.0. The maximum atomic E-state index is 13.4. The molecule has 232 valence electrons. The van der Waals surface area contributed by atoms with Gasteiger partial charge in [0.15, 0.2) is 0 Å². The lowest BCUT2D eigenvalue weighted by molar-refractivity contribution is 0.0595. The highest BCUT2D eigenvalue weighted by Gasteiger charge is 2.17. The van der Waals surface area contributed by atoms with Crippen molar-refractivity contribution >= 4 is 47.6 Å². The van der Waals surface area contributed by atoms with Gasteiger partial charge in [0, 0.05) is 18.6 Å². The van der Waals surface area contributed by atoms with Gasteiger partial charge in [-0.2, -0.15) is 15.3 Å². The number of nitrogens with one attached hydrogen (secondary N) is 3. The number of hydrogen-bond acceptors (Lipinski definition) is 9. The van der Waals surface area contributed by atoms with Crippen LogP contribution in [0.3, 0.4) is 0 Å². The van der Waals surface area contributed by atoms with E-state index in [1.54, 1.807) is 12.1 Å². The number of carbonyl (C=O) groups is 2. The molecule has 13 heteroatoms. The molecule has 0 aliphatic heterocycles. The lowest BCUT2D eigenvalue weighted by atomic mass is 10.1. The SMILES string of the molecule is C.C=C/C=N/Nc1cccc(F)c1.C=C/C=N/Nc1cccc(F)c1C(=O)O.C=C/C=N/Nc1cccc(F)c1C(=O)OC. The molecule has 4 N–H and O–H groups in total. The van der Waals surface area contributed by atoms with Gasteiger partial charge in [-0.05, 0) is 60.7 Å². The molecule has 0 aliphatic carbocycles.